The molecular weight excluding hydrogens is 451 g/mol. The number of halogens is 7. The largest absolute Gasteiger partial charge is 0.416 e. The van der Waals surface area contributed by atoms with Crippen molar-refractivity contribution in [1.29, 1.82) is 0 Å². The zero-order valence-electron chi connectivity index (χ0n) is 16.8. The summed E-state index contributed by atoms with van der Waals surface area (Å²) < 4.78 is 93.2. The van der Waals surface area contributed by atoms with Gasteiger partial charge in [-0.15, -0.1) is 0 Å². The number of carbonyl (C=O) groups is 1. The number of rotatable bonds is 2. The van der Waals surface area contributed by atoms with Crippen LogP contribution >= 0.6 is 0 Å². The first-order chi connectivity index (χ1) is 15.4. The lowest BCUT2D eigenvalue weighted by atomic mass is 9.87. The number of fused-ring (bicyclic) bond motifs is 1. The summed E-state index contributed by atoms with van der Waals surface area (Å²) in [6, 6.07) is 12.4. The van der Waals surface area contributed by atoms with Gasteiger partial charge in [0.25, 0.3) is 5.91 Å². The van der Waals surface area contributed by atoms with E-state index in [1.165, 1.54) is 29.2 Å². The summed E-state index contributed by atoms with van der Waals surface area (Å²) in [5.74, 6) is -1.50. The Morgan fingerprint density at radius 1 is 0.818 bits per heavy atom. The van der Waals surface area contributed by atoms with Gasteiger partial charge in [0.05, 0.1) is 17.2 Å². The molecule has 0 radical (unpaired) electrons. The second-order valence-electron chi connectivity index (χ2n) is 7.70. The molecule has 1 aliphatic heterocycles. The standard InChI is InChI=1S/C24H16F7NO/c25-19-7-5-15(6-8-19)21-20-4-2-1-3-14(20)9-10-32(21)22(33)16-11-17(23(26,27)28)13-18(12-16)24(29,30)31/h1-8,11-13,21H,9-10H2/t21-/m1/s1. The van der Waals surface area contributed by atoms with Crippen LogP contribution in [0.3, 0.4) is 0 Å². The van der Waals surface area contributed by atoms with Gasteiger partial charge in [-0.25, -0.2) is 4.39 Å². The molecule has 33 heavy (non-hydrogen) atoms. The third kappa shape index (κ3) is 4.58. The van der Waals surface area contributed by atoms with Crippen LogP contribution in [-0.4, -0.2) is 17.4 Å². The van der Waals surface area contributed by atoms with Crippen LogP contribution in [-0.2, 0) is 18.8 Å². The van der Waals surface area contributed by atoms with Crippen LogP contribution in [0, 0.1) is 5.82 Å². The summed E-state index contributed by atoms with van der Waals surface area (Å²) in [5, 5.41) is 0. The number of carbonyl (C=O) groups excluding carboxylic acids is 1. The van der Waals surface area contributed by atoms with Crippen molar-refractivity contribution in [1.82, 2.24) is 4.90 Å². The minimum Gasteiger partial charge on any atom is -0.327 e. The lowest BCUT2D eigenvalue weighted by molar-refractivity contribution is -0.143. The Bertz CT molecular complexity index is 1150. The van der Waals surface area contributed by atoms with E-state index >= 15 is 0 Å². The molecule has 1 amide bonds. The maximum atomic E-state index is 13.5. The van der Waals surface area contributed by atoms with Gasteiger partial charge in [-0.05, 0) is 53.4 Å². The lowest BCUT2D eigenvalue weighted by Crippen LogP contribution is -2.40. The SMILES string of the molecule is O=C(c1cc(C(F)(F)F)cc(C(F)(F)F)c1)N1CCc2ccccc2[C@H]1c1ccc(F)cc1. The molecule has 1 heterocycles. The summed E-state index contributed by atoms with van der Waals surface area (Å²) in [7, 11) is 0. The highest BCUT2D eigenvalue weighted by Gasteiger charge is 2.39. The Morgan fingerprint density at radius 2 is 1.39 bits per heavy atom. The van der Waals surface area contributed by atoms with E-state index in [4.69, 9.17) is 0 Å². The summed E-state index contributed by atoms with van der Waals surface area (Å²) in [5.41, 5.74) is -1.79. The van der Waals surface area contributed by atoms with Crippen LogP contribution in [0.4, 0.5) is 30.7 Å². The number of amides is 1. The molecule has 9 heteroatoms. The van der Waals surface area contributed by atoms with Crippen molar-refractivity contribution in [3.8, 4) is 0 Å². The molecule has 3 aromatic rings. The smallest absolute Gasteiger partial charge is 0.327 e. The second-order valence-corrected chi connectivity index (χ2v) is 7.70. The van der Waals surface area contributed by atoms with Gasteiger partial charge in [0.1, 0.15) is 5.82 Å². The Balaban J connectivity index is 1.83. The molecular formula is C24H16F7NO. The van der Waals surface area contributed by atoms with Crippen molar-refractivity contribution in [2.75, 3.05) is 6.54 Å². The van der Waals surface area contributed by atoms with E-state index in [2.05, 4.69) is 0 Å². The molecule has 0 saturated carbocycles. The zero-order chi connectivity index (χ0) is 24.0. The average molecular weight is 467 g/mol. The van der Waals surface area contributed by atoms with Crippen LogP contribution < -0.4 is 0 Å². The van der Waals surface area contributed by atoms with Crippen molar-refractivity contribution in [3.63, 3.8) is 0 Å². The van der Waals surface area contributed by atoms with Gasteiger partial charge in [-0.3, -0.25) is 4.79 Å². The predicted molar refractivity (Wildman–Crippen MR) is 106 cm³/mol. The van der Waals surface area contributed by atoms with Crippen LogP contribution in [0.1, 0.15) is 44.2 Å². The molecule has 4 rings (SSSR count). The van der Waals surface area contributed by atoms with E-state index in [1.54, 1.807) is 18.2 Å². The maximum Gasteiger partial charge on any atom is 0.416 e. The van der Waals surface area contributed by atoms with Crippen molar-refractivity contribution in [3.05, 3.63) is 106 Å². The molecule has 1 aliphatic rings. The van der Waals surface area contributed by atoms with E-state index in [1.807, 2.05) is 6.07 Å². The van der Waals surface area contributed by atoms with Crippen molar-refractivity contribution >= 4 is 5.91 Å². The predicted octanol–water partition coefficient (Wildman–Crippen LogP) is 6.65. The average Bonchev–Trinajstić information content (AvgIpc) is 2.77. The third-order valence-electron chi connectivity index (χ3n) is 5.56. The topological polar surface area (TPSA) is 20.3 Å². The van der Waals surface area contributed by atoms with Gasteiger partial charge in [0, 0.05) is 12.1 Å². The first kappa shape index (κ1) is 22.8. The van der Waals surface area contributed by atoms with Gasteiger partial charge >= 0.3 is 12.4 Å². The van der Waals surface area contributed by atoms with E-state index < -0.39 is 46.8 Å². The number of alkyl halides is 6. The van der Waals surface area contributed by atoms with E-state index in [0.29, 0.717) is 29.7 Å². The van der Waals surface area contributed by atoms with Crippen LogP contribution in [0.5, 0.6) is 0 Å². The van der Waals surface area contributed by atoms with E-state index in [-0.39, 0.29) is 12.6 Å². The summed E-state index contributed by atoms with van der Waals surface area (Å²) in [4.78, 5) is 14.6. The molecule has 172 valence electrons. The van der Waals surface area contributed by atoms with Gasteiger partial charge in [0.15, 0.2) is 0 Å². The van der Waals surface area contributed by atoms with E-state index in [0.717, 1.165) is 5.56 Å². The summed E-state index contributed by atoms with van der Waals surface area (Å²) >= 11 is 0. The fourth-order valence-corrected chi connectivity index (χ4v) is 4.03. The Morgan fingerprint density at radius 3 is 1.97 bits per heavy atom. The van der Waals surface area contributed by atoms with Crippen molar-refractivity contribution in [2.24, 2.45) is 0 Å². The number of hydrogen-bond donors (Lipinski definition) is 0. The van der Waals surface area contributed by atoms with Crippen LogP contribution in [0.2, 0.25) is 0 Å². The monoisotopic (exact) mass is 467 g/mol. The van der Waals surface area contributed by atoms with Crippen LogP contribution in [0.25, 0.3) is 0 Å². The minimum absolute atomic E-state index is 0.0141. The number of nitrogens with zero attached hydrogens (tertiary/aromatic N) is 1. The zero-order valence-corrected chi connectivity index (χ0v) is 16.8. The van der Waals surface area contributed by atoms with Crippen LogP contribution in [0.15, 0.2) is 66.7 Å². The first-order valence-electron chi connectivity index (χ1n) is 9.89. The Kier molecular flexibility index (Phi) is 5.67. The fourth-order valence-electron chi connectivity index (χ4n) is 4.03. The summed E-state index contributed by atoms with van der Waals surface area (Å²) in [6.45, 7) is 0.0650. The molecule has 0 N–H and O–H groups in total. The van der Waals surface area contributed by atoms with Crippen molar-refractivity contribution < 1.29 is 35.5 Å². The molecule has 0 aliphatic carbocycles. The Hall–Kier alpha value is -3.36. The molecule has 3 aromatic carbocycles. The highest BCUT2D eigenvalue weighted by Crippen LogP contribution is 2.39. The highest BCUT2D eigenvalue weighted by atomic mass is 19.4. The molecule has 1 atom stereocenters. The lowest BCUT2D eigenvalue weighted by Gasteiger charge is -2.38. The molecule has 0 aromatic heterocycles. The molecule has 0 saturated heterocycles. The van der Waals surface area contributed by atoms with Gasteiger partial charge in [0.2, 0.25) is 0 Å². The molecule has 0 spiro atoms. The molecule has 2 nitrogen and oxygen atoms in total. The fraction of sp³-hybridized carbons (Fsp3) is 0.208. The van der Waals surface area contributed by atoms with Gasteiger partial charge in [-0.1, -0.05) is 36.4 Å². The third-order valence-corrected chi connectivity index (χ3v) is 5.56. The maximum absolute atomic E-state index is 13.5. The molecule has 0 unspecified atom stereocenters. The van der Waals surface area contributed by atoms with Gasteiger partial charge in [-0.2, -0.15) is 26.3 Å². The Labute approximate surface area is 184 Å². The second kappa shape index (κ2) is 8.20. The first-order valence-corrected chi connectivity index (χ1v) is 9.89. The summed E-state index contributed by atoms with van der Waals surface area (Å²) in [6.07, 6.45) is -9.77. The van der Waals surface area contributed by atoms with E-state index in [9.17, 15) is 35.5 Å². The highest BCUT2D eigenvalue weighted by molar-refractivity contribution is 5.95. The van der Waals surface area contributed by atoms with Crippen molar-refractivity contribution in [2.45, 2.75) is 24.8 Å². The number of benzene rings is 3. The quantitative estimate of drug-likeness (QED) is 0.387. The normalized spacial score (nSPS) is 16.5. The number of hydrogen-bond acceptors (Lipinski definition) is 1. The minimum atomic E-state index is -5.07. The molecule has 0 bridgehead atoms. The van der Waals surface area contributed by atoms with Gasteiger partial charge < -0.3 is 4.90 Å². The molecule has 0 fully saturated rings.